The fourth-order valence-electron chi connectivity index (χ4n) is 2.28. The predicted molar refractivity (Wildman–Crippen MR) is 97.8 cm³/mol. The molecule has 0 saturated carbocycles. The van der Waals surface area contributed by atoms with E-state index in [9.17, 15) is 32.0 Å². The Morgan fingerprint density at radius 3 is 1.00 bits per heavy atom. The zero-order chi connectivity index (χ0) is 23.1. The molecule has 0 amide bonds. The molecule has 1 aromatic carbocycles. The summed E-state index contributed by atoms with van der Waals surface area (Å²) in [6.07, 6.45) is 0. The van der Waals surface area contributed by atoms with E-state index in [0.717, 1.165) is 0 Å². The van der Waals surface area contributed by atoms with Crippen molar-refractivity contribution in [2.75, 3.05) is 39.3 Å². The van der Waals surface area contributed by atoms with Gasteiger partial charge >= 0.3 is 0 Å². The molecule has 1 aromatic rings. The normalized spacial score (nSPS) is 10.3. The van der Waals surface area contributed by atoms with Gasteiger partial charge < -0.3 is 24.5 Å². The largest absolute Gasteiger partial charge is 0.860 e. The van der Waals surface area contributed by atoms with E-state index >= 15 is 0 Å². The van der Waals surface area contributed by atoms with Crippen LogP contribution in [0.5, 0.6) is 5.75 Å². The van der Waals surface area contributed by atoms with Crippen LogP contribution in [0.15, 0.2) is 0 Å². The van der Waals surface area contributed by atoms with Crippen LogP contribution in [-0.4, -0.2) is 46.6 Å². The highest BCUT2D eigenvalue weighted by Crippen LogP contribution is 2.28. The molecule has 0 unspecified atom stereocenters. The van der Waals surface area contributed by atoms with Gasteiger partial charge in [0, 0.05) is 0 Å². The first-order valence-corrected chi connectivity index (χ1v) is 9.72. The molecule has 0 aliphatic rings. The summed E-state index contributed by atoms with van der Waals surface area (Å²) >= 11 is 0. The fourth-order valence-corrected chi connectivity index (χ4v) is 2.28. The molecule has 11 heteroatoms. The molecule has 5 nitrogen and oxygen atoms in total. The van der Waals surface area contributed by atoms with E-state index in [2.05, 4.69) is 46.2 Å². The summed E-state index contributed by atoms with van der Waals surface area (Å²) in [5, 5.41) is 19.7. The number of hydrogen-bond donors (Lipinski definition) is 2. The Labute approximate surface area is 170 Å². The van der Waals surface area contributed by atoms with Crippen molar-refractivity contribution in [3.63, 3.8) is 0 Å². The molecule has 0 heterocycles. The van der Waals surface area contributed by atoms with Crippen molar-refractivity contribution in [3.05, 3.63) is 29.1 Å². The summed E-state index contributed by atoms with van der Waals surface area (Å²) in [6, 6.07) is 0. The van der Waals surface area contributed by atoms with Crippen LogP contribution in [0, 0.1) is 29.1 Å². The Hall–Kier alpha value is -1.43. The molecule has 0 fully saturated rings. The van der Waals surface area contributed by atoms with Gasteiger partial charge in [-0.15, -0.1) is 0 Å². The quantitative estimate of drug-likeness (QED) is 0.249. The summed E-state index contributed by atoms with van der Waals surface area (Å²) in [5.41, 5.74) is 0. The van der Waals surface area contributed by atoms with Gasteiger partial charge in [-0.3, -0.25) is 0 Å². The van der Waals surface area contributed by atoms with Crippen molar-refractivity contribution in [3.8, 4) is 5.75 Å². The first-order chi connectivity index (χ1) is 13.6. The summed E-state index contributed by atoms with van der Waals surface area (Å²) in [5.74, 6) is -13.6. The van der Waals surface area contributed by atoms with Crippen molar-refractivity contribution in [1.82, 2.24) is 0 Å². The van der Waals surface area contributed by atoms with E-state index in [4.69, 9.17) is 0 Å². The molecule has 2 N–H and O–H groups in total. The first-order valence-electron chi connectivity index (χ1n) is 9.72. The topological polar surface area (TPSA) is 64.2 Å². The number of quaternary nitrogens is 2. The number of hydrogen-bond acceptors (Lipinski definition) is 3. The average Bonchev–Trinajstić information content (AvgIpc) is 2.71. The lowest BCUT2D eigenvalue weighted by Crippen LogP contribution is -3.11. The van der Waals surface area contributed by atoms with Gasteiger partial charge in [0.05, 0.1) is 39.3 Å². The van der Waals surface area contributed by atoms with Gasteiger partial charge in [-0.1, -0.05) is 0 Å². The number of benzene rings is 1. The third-order valence-electron chi connectivity index (χ3n) is 4.38. The summed E-state index contributed by atoms with van der Waals surface area (Å²) in [6.45, 7) is 21.0. The van der Waals surface area contributed by atoms with E-state index < -0.39 is 42.2 Å². The van der Waals surface area contributed by atoms with Gasteiger partial charge in [0.25, 0.3) is 0 Å². The minimum atomic E-state index is -3.20. The molecule has 29 heavy (non-hydrogen) atoms. The van der Waals surface area contributed by atoms with Crippen LogP contribution in [0.25, 0.3) is 0 Å². The van der Waals surface area contributed by atoms with E-state index in [1.807, 2.05) is 0 Å². The lowest BCUT2D eigenvalue weighted by Gasteiger charge is -2.27. The molecular weight excluding hydrogens is 398 g/mol. The molecule has 1 rings (SSSR count). The molecular formula is C18H32BF5N2O3. The second-order valence-electron chi connectivity index (χ2n) is 5.93. The Morgan fingerprint density at radius 1 is 0.586 bits per heavy atom. The molecule has 170 valence electrons. The maximum atomic E-state index is 12.6. The molecule has 0 radical (unpaired) electrons. The lowest BCUT2D eigenvalue weighted by molar-refractivity contribution is -0.894. The number of halogens is 5. The van der Waals surface area contributed by atoms with Crippen LogP contribution >= 0.6 is 0 Å². The van der Waals surface area contributed by atoms with Crippen LogP contribution in [0.2, 0.25) is 0 Å². The molecule has 0 aromatic heterocycles. The highest BCUT2D eigenvalue weighted by Gasteiger charge is 2.26. The van der Waals surface area contributed by atoms with Gasteiger partial charge in [0.2, 0.25) is 29.1 Å². The minimum absolute atomic E-state index is 1.27. The van der Waals surface area contributed by atoms with E-state index in [0.29, 0.717) is 0 Å². The first kappa shape index (κ1) is 29.8. The Morgan fingerprint density at radius 2 is 0.828 bits per heavy atom. The molecule has 0 saturated heterocycles. The Balaban J connectivity index is 0. The van der Waals surface area contributed by atoms with Gasteiger partial charge in [0.1, 0.15) is 7.32 Å². The highest BCUT2D eigenvalue weighted by molar-refractivity contribution is 6.29. The van der Waals surface area contributed by atoms with Crippen LogP contribution in [-0.2, 0) is 0 Å². The molecule has 0 spiro atoms. The van der Waals surface area contributed by atoms with E-state index in [1.54, 1.807) is 9.80 Å². The van der Waals surface area contributed by atoms with Crippen LogP contribution in [0.1, 0.15) is 41.5 Å². The summed E-state index contributed by atoms with van der Waals surface area (Å²) < 4.78 is 65.9. The van der Waals surface area contributed by atoms with Crippen molar-refractivity contribution in [2.45, 2.75) is 41.5 Å². The van der Waals surface area contributed by atoms with Crippen molar-refractivity contribution < 1.29 is 46.5 Å². The second-order valence-corrected chi connectivity index (χ2v) is 5.93. The fraction of sp³-hybridized carbons (Fsp3) is 0.667. The predicted octanol–water partition coefficient (Wildman–Crippen LogP) is -0.672. The molecule has 0 aliphatic carbocycles. The third-order valence-corrected chi connectivity index (χ3v) is 4.38. The SMILES string of the molecule is CC[NH+](CC)CC.CC[NH+](CC)CC.[O-]B([O-])Oc1c(F)c(F)c(F)c(F)c1F. The number of rotatable bonds is 8. The van der Waals surface area contributed by atoms with Crippen LogP contribution in [0.3, 0.4) is 0 Å². The van der Waals surface area contributed by atoms with Crippen LogP contribution in [0.4, 0.5) is 22.0 Å². The second kappa shape index (κ2) is 16.4. The maximum absolute atomic E-state index is 12.6. The van der Waals surface area contributed by atoms with Crippen molar-refractivity contribution in [2.24, 2.45) is 0 Å². The van der Waals surface area contributed by atoms with Gasteiger partial charge in [-0.25, -0.2) is 13.2 Å². The van der Waals surface area contributed by atoms with Gasteiger partial charge in [0.15, 0.2) is 5.75 Å². The highest BCUT2D eigenvalue weighted by atomic mass is 19.2. The molecule has 0 bridgehead atoms. The minimum Gasteiger partial charge on any atom is -0.860 e. The zero-order valence-electron chi connectivity index (χ0n) is 17.9. The standard InChI is InChI=1S/C6BF5O3.2C6H15N/c8-1-2(9)4(11)6(15-7(13)14)5(12)3(1)10;2*1-4-7(5-2)6-3/h;2*4-6H2,1-3H3/q-2;;/p+2. The van der Waals surface area contributed by atoms with Gasteiger partial charge in [-0.05, 0) is 41.5 Å². The van der Waals surface area contributed by atoms with E-state index in [-0.39, 0.29) is 0 Å². The maximum Gasteiger partial charge on any atom is 0.205 e. The van der Waals surface area contributed by atoms with Crippen molar-refractivity contribution >= 4 is 7.32 Å². The summed E-state index contributed by atoms with van der Waals surface area (Å²) in [7, 11) is -3.20. The van der Waals surface area contributed by atoms with E-state index in [1.165, 1.54) is 39.3 Å². The average molecular weight is 430 g/mol. The zero-order valence-corrected chi connectivity index (χ0v) is 17.9. The van der Waals surface area contributed by atoms with Gasteiger partial charge in [-0.2, -0.15) is 8.78 Å². The molecule has 0 atom stereocenters. The number of nitrogens with one attached hydrogen (secondary N) is 2. The summed E-state index contributed by atoms with van der Waals surface area (Å²) in [4.78, 5) is 3.36. The Kier molecular flexibility index (Phi) is 16.8. The smallest absolute Gasteiger partial charge is 0.205 e. The lowest BCUT2D eigenvalue weighted by atomic mass is 10.2. The Bertz CT molecular complexity index is 523. The van der Waals surface area contributed by atoms with Crippen molar-refractivity contribution in [1.29, 1.82) is 0 Å². The molecule has 0 aliphatic heterocycles. The monoisotopic (exact) mass is 430 g/mol. The third kappa shape index (κ3) is 10.8. The van der Waals surface area contributed by atoms with Crippen LogP contribution < -0.4 is 24.5 Å².